The Hall–Kier alpha value is -0.560. The highest BCUT2D eigenvalue weighted by Gasteiger charge is 2.23. The van der Waals surface area contributed by atoms with Crippen LogP contribution >= 0.6 is 46.7 Å². The van der Waals surface area contributed by atoms with E-state index in [9.17, 15) is 0 Å². The molecule has 0 aromatic carbocycles. The molecular formula is C8H2Cl2N4S2. The lowest BCUT2D eigenvalue weighted by molar-refractivity contribution is 0.913. The zero-order valence-corrected chi connectivity index (χ0v) is 10.7. The lowest BCUT2D eigenvalue weighted by Gasteiger charge is -2.17. The molecule has 2 aromatic heterocycles. The van der Waals surface area contributed by atoms with Crippen molar-refractivity contribution < 1.29 is 0 Å². The minimum Gasteiger partial charge on any atom is -0.156 e. The minimum atomic E-state index is 0.397. The molecule has 0 saturated heterocycles. The highest BCUT2D eigenvalue weighted by molar-refractivity contribution is 8.05. The third-order valence-corrected chi connectivity index (χ3v) is 5.19. The Morgan fingerprint density at radius 2 is 1.25 bits per heavy atom. The lowest BCUT2D eigenvalue weighted by atomic mass is 10.5. The monoisotopic (exact) mass is 288 g/mol. The van der Waals surface area contributed by atoms with Crippen LogP contribution in [0, 0.1) is 0 Å². The maximum Gasteiger partial charge on any atom is 0.166 e. The normalized spacial score (nSPS) is 13.1. The van der Waals surface area contributed by atoms with Crippen molar-refractivity contribution in [3.8, 4) is 0 Å². The molecule has 4 nitrogen and oxygen atoms in total. The second-order valence-electron chi connectivity index (χ2n) is 2.86. The maximum absolute atomic E-state index is 5.97. The molecule has 0 saturated carbocycles. The predicted molar refractivity (Wildman–Crippen MR) is 62.3 cm³/mol. The first-order chi connectivity index (χ1) is 7.75. The first-order valence-electron chi connectivity index (χ1n) is 4.14. The maximum atomic E-state index is 5.97. The van der Waals surface area contributed by atoms with E-state index in [1.165, 1.54) is 23.5 Å². The van der Waals surface area contributed by atoms with Crippen LogP contribution in [0.15, 0.2) is 32.0 Å². The van der Waals surface area contributed by atoms with Gasteiger partial charge >= 0.3 is 0 Å². The lowest BCUT2D eigenvalue weighted by Crippen LogP contribution is -1.97. The Labute approximate surface area is 109 Å². The van der Waals surface area contributed by atoms with Crippen molar-refractivity contribution in [1.29, 1.82) is 0 Å². The number of hydrogen-bond acceptors (Lipinski definition) is 6. The molecule has 0 atom stereocenters. The molecular weight excluding hydrogens is 287 g/mol. The smallest absolute Gasteiger partial charge is 0.156 e. The summed E-state index contributed by atoms with van der Waals surface area (Å²) in [6.07, 6.45) is 3.33. The number of hydrogen-bond donors (Lipinski definition) is 0. The third kappa shape index (κ3) is 1.66. The van der Waals surface area contributed by atoms with Gasteiger partial charge in [-0.3, -0.25) is 0 Å². The number of halogens is 2. The van der Waals surface area contributed by atoms with Gasteiger partial charge in [0.05, 0.1) is 22.2 Å². The van der Waals surface area contributed by atoms with Gasteiger partial charge in [0.2, 0.25) is 0 Å². The van der Waals surface area contributed by atoms with Crippen LogP contribution in [0.4, 0.5) is 0 Å². The van der Waals surface area contributed by atoms with Gasteiger partial charge in [-0.15, -0.1) is 10.2 Å². The molecule has 0 N–H and O–H groups in total. The van der Waals surface area contributed by atoms with Gasteiger partial charge in [0, 0.05) is 9.79 Å². The second-order valence-corrected chi connectivity index (χ2v) is 5.68. The van der Waals surface area contributed by atoms with Crippen molar-refractivity contribution in [3.63, 3.8) is 0 Å². The van der Waals surface area contributed by atoms with Crippen LogP contribution in [0.1, 0.15) is 0 Å². The molecule has 0 unspecified atom stereocenters. The Balaban J connectivity index is 2.17. The molecule has 0 spiro atoms. The zero-order chi connectivity index (χ0) is 11.1. The fraction of sp³-hybridized carbons (Fsp3) is 0. The highest BCUT2D eigenvalue weighted by Crippen LogP contribution is 2.51. The van der Waals surface area contributed by atoms with Crippen LogP contribution in [-0.2, 0) is 0 Å². The van der Waals surface area contributed by atoms with Crippen molar-refractivity contribution in [2.75, 3.05) is 0 Å². The highest BCUT2D eigenvalue weighted by atomic mass is 35.5. The van der Waals surface area contributed by atoms with Gasteiger partial charge in [-0.25, -0.2) is 0 Å². The number of fused-ring (bicyclic) bond motifs is 2. The third-order valence-electron chi connectivity index (χ3n) is 1.89. The molecule has 16 heavy (non-hydrogen) atoms. The van der Waals surface area contributed by atoms with Gasteiger partial charge < -0.3 is 0 Å². The van der Waals surface area contributed by atoms with Gasteiger partial charge in [0.25, 0.3) is 0 Å². The van der Waals surface area contributed by atoms with Gasteiger partial charge in [0.15, 0.2) is 10.3 Å². The topological polar surface area (TPSA) is 51.6 Å². The Morgan fingerprint density at radius 3 is 1.69 bits per heavy atom. The van der Waals surface area contributed by atoms with Crippen LogP contribution in [0.25, 0.3) is 0 Å². The van der Waals surface area contributed by atoms with Crippen LogP contribution in [0.2, 0.25) is 10.3 Å². The fourth-order valence-electron chi connectivity index (χ4n) is 1.23. The molecule has 1 aliphatic heterocycles. The quantitative estimate of drug-likeness (QED) is 0.633. The largest absolute Gasteiger partial charge is 0.166 e. The predicted octanol–water partition coefficient (Wildman–Crippen LogP) is 3.19. The number of nitrogens with zero attached hydrogens (tertiary/aromatic N) is 4. The van der Waals surface area contributed by atoms with E-state index in [-0.39, 0.29) is 0 Å². The van der Waals surface area contributed by atoms with Gasteiger partial charge in [-0.2, -0.15) is 10.2 Å². The van der Waals surface area contributed by atoms with E-state index in [1.54, 1.807) is 12.4 Å². The summed E-state index contributed by atoms with van der Waals surface area (Å²) < 4.78 is 0. The summed E-state index contributed by atoms with van der Waals surface area (Å²) in [6.45, 7) is 0. The van der Waals surface area contributed by atoms with E-state index >= 15 is 0 Å². The first kappa shape index (κ1) is 10.6. The summed E-state index contributed by atoms with van der Waals surface area (Å²) in [6, 6.07) is 0. The van der Waals surface area contributed by atoms with Crippen molar-refractivity contribution in [3.05, 3.63) is 22.7 Å². The Morgan fingerprint density at radius 1 is 0.812 bits per heavy atom. The number of aromatic nitrogens is 4. The van der Waals surface area contributed by atoms with Crippen molar-refractivity contribution in [2.24, 2.45) is 0 Å². The summed E-state index contributed by atoms with van der Waals surface area (Å²) in [5, 5.41) is 16.0. The summed E-state index contributed by atoms with van der Waals surface area (Å²) in [5.74, 6) is 0. The van der Waals surface area contributed by atoms with Crippen LogP contribution in [0.5, 0.6) is 0 Å². The van der Waals surface area contributed by atoms with Crippen LogP contribution in [-0.4, -0.2) is 20.4 Å². The molecule has 2 aromatic rings. The van der Waals surface area contributed by atoms with Gasteiger partial charge in [-0.1, -0.05) is 46.7 Å². The van der Waals surface area contributed by atoms with Crippen molar-refractivity contribution in [1.82, 2.24) is 20.4 Å². The van der Waals surface area contributed by atoms with Crippen molar-refractivity contribution in [2.45, 2.75) is 19.6 Å². The Bertz CT molecular complexity index is 526. The molecule has 3 heterocycles. The van der Waals surface area contributed by atoms with Crippen LogP contribution in [0.3, 0.4) is 0 Å². The second kappa shape index (κ2) is 4.03. The first-order valence-corrected chi connectivity index (χ1v) is 6.52. The molecule has 0 bridgehead atoms. The average molecular weight is 289 g/mol. The van der Waals surface area contributed by atoms with E-state index in [0.29, 0.717) is 10.3 Å². The summed E-state index contributed by atoms with van der Waals surface area (Å²) in [4.78, 5) is 3.65. The minimum absolute atomic E-state index is 0.397. The molecule has 0 aliphatic carbocycles. The van der Waals surface area contributed by atoms with Crippen LogP contribution < -0.4 is 0 Å². The van der Waals surface area contributed by atoms with E-state index < -0.39 is 0 Å². The van der Waals surface area contributed by atoms with Gasteiger partial charge in [-0.05, 0) is 0 Å². The molecule has 80 valence electrons. The summed E-state index contributed by atoms with van der Waals surface area (Å²) in [7, 11) is 0. The molecule has 3 rings (SSSR count). The summed E-state index contributed by atoms with van der Waals surface area (Å²) >= 11 is 14.9. The Kier molecular flexibility index (Phi) is 2.67. The van der Waals surface area contributed by atoms with E-state index in [1.807, 2.05) is 0 Å². The molecule has 0 radical (unpaired) electrons. The number of rotatable bonds is 0. The van der Waals surface area contributed by atoms with Gasteiger partial charge in [0.1, 0.15) is 0 Å². The summed E-state index contributed by atoms with van der Waals surface area (Å²) in [5.41, 5.74) is 0. The van der Waals surface area contributed by atoms with E-state index in [2.05, 4.69) is 20.4 Å². The SMILES string of the molecule is Clc1nncc2c1Sc1cnnc(Cl)c1S2. The molecule has 0 fully saturated rings. The van der Waals surface area contributed by atoms with E-state index in [0.717, 1.165) is 19.6 Å². The average Bonchev–Trinajstić information content (AvgIpc) is 2.29. The van der Waals surface area contributed by atoms with Crippen molar-refractivity contribution >= 4 is 46.7 Å². The molecule has 0 amide bonds. The van der Waals surface area contributed by atoms with E-state index in [4.69, 9.17) is 23.2 Å². The zero-order valence-electron chi connectivity index (χ0n) is 7.52. The molecule has 1 aliphatic rings. The fourth-order valence-corrected chi connectivity index (χ4v) is 3.93. The standard InChI is InChI=1S/C8H2Cl2N4S2/c9-7-5-3(1-11-13-7)15-6-4(16-5)2-12-14-8(6)10/h1-2H. The molecule has 8 heteroatoms.